The van der Waals surface area contributed by atoms with E-state index in [2.05, 4.69) is 0 Å². The molecule has 0 fully saturated rings. The normalized spacial score (nSPS) is 10.0. The lowest BCUT2D eigenvalue weighted by atomic mass is 10.1. The molecule has 1 N–H and O–H groups in total. The standard InChI is InChI=1S/C16H16O5/c1-19-13-9-8-12(17)14(15(13)20-2)16(18)21-10-11-6-4-3-5-7-11/h3-9,17H,10H2,1-2H3. The molecule has 0 aliphatic carbocycles. The van der Waals surface area contributed by atoms with E-state index < -0.39 is 5.97 Å². The van der Waals surface area contributed by atoms with Crippen molar-refractivity contribution >= 4 is 5.97 Å². The summed E-state index contributed by atoms with van der Waals surface area (Å²) in [5, 5.41) is 9.87. The van der Waals surface area contributed by atoms with Crippen LogP contribution in [-0.4, -0.2) is 25.3 Å². The first-order valence-corrected chi connectivity index (χ1v) is 6.32. The third-order valence-corrected chi connectivity index (χ3v) is 2.94. The molecule has 21 heavy (non-hydrogen) atoms. The first-order valence-electron chi connectivity index (χ1n) is 6.32. The Morgan fingerprint density at radius 3 is 2.38 bits per heavy atom. The van der Waals surface area contributed by atoms with Gasteiger partial charge < -0.3 is 19.3 Å². The molecule has 0 heterocycles. The minimum atomic E-state index is -0.674. The number of esters is 1. The molecule has 0 bridgehead atoms. The van der Waals surface area contributed by atoms with Crippen molar-refractivity contribution in [1.29, 1.82) is 0 Å². The summed E-state index contributed by atoms with van der Waals surface area (Å²) in [6.45, 7) is 0.111. The number of aromatic hydroxyl groups is 1. The van der Waals surface area contributed by atoms with Crippen LogP contribution in [-0.2, 0) is 11.3 Å². The fourth-order valence-corrected chi connectivity index (χ4v) is 1.91. The van der Waals surface area contributed by atoms with Gasteiger partial charge in [0.2, 0.25) is 0 Å². The average Bonchev–Trinajstić information content (AvgIpc) is 2.53. The predicted octanol–water partition coefficient (Wildman–Crippen LogP) is 2.77. The summed E-state index contributed by atoms with van der Waals surface area (Å²) in [5.74, 6) is -0.393. The van der Waals surface area contributed by atoms with Crippen LogP contribution in [0.3, 0.4) is 0 Å². The van der Waals surface area contributed by atoms with Gasteiger partial charge in [-0.3, -0.25) is 0 Å². The molecule has 2 rings (SSSR count). The van der Waals surface area contributed by atoms with Gasteiger partial charge in [-0.25, -0.2) is 4.79 Å². The van der Waals surface area contributed by atoms with Gasteiger partial charge in [0.1, 0.15) is 17.9 Å². The second-order valence-electron chi connectivity index (χ2n) is 4.26. The smallest absolute Gasteiger partial charge is 0.346 e. The number of benzene rings is 2. The summed E-state index contributed by atoms with van der Waals surface area (Å²) >= 11 is 0. The van der Waals surface area contributed by atoms with Crippen LogP contribution in [0.15, 0.2) is 42.5 Å². The van der Waals surface area contributed by atoms with Crippen LogP contribution in [0.5, 0.6) is 17.2 Å². The SMILES string of the molecule is COc1ccc(O)c(C(=O)OCc2ccccc2)c1OC. The van der Waals surface area contributed by atoms with Crippen LogP contribution in [0.4, 0.5) is 0 Å². The molecule has 0 aliphatic rings. The Kier molecular flexibility index (Phi) is 4.66. The molecule has 0 saturated carbocycles. The number of rotatable bonds is 5. The number of ether oxygens (including phenoxy) is 3. The highest BCUT2D eigenvalue weighted by molar-refractivity contribution is 5.96. The zero-order valence-corrected chi connectivity index (χ0v) is 11.8. The van der Waals surface area contributed by atoms with Crippen molar-refractivity contribution in [2.24, 2.45) is 0 Å². The summed E-state index contributed by atoms with van der Waals surface area (Å²) in [4.78, 5) is 12.2. The number of methoxy groups -OCH3 is 2. The van der Waals surface area contributed by atoms with Crippen molar-refractivity contribution < 1.29 is 24.1 Å². The molecule has 2 aromatic rings. The molecule has 0 amide bonds. The molecule has 5 heteroatoms. The van der Waals surface area contributed by atoms with Gasteiger partial charge in [0.05, 0.1) is 14.2 Å². The summed E-state index contributed by atoms with van der Waals surface area (Å²) in [7, 11) is 2.85. The Morgan fingerprint density at radius 2 is 1.76 bits per heavy atom. The van der Waals surface area contributed by atoms with E-state index in [1.165, 1.54) is 26.4 Å². The lowest BCUT2D eigenvalue weighted by molar-refractivity contribution is 0.0465. The quantitative estimate of drug-likeness (QED) is 0.857. The zero-order valence-electron chi connectivity index (χ0n) is 11.8. The lowest BCUT2D eigenvalue weighted by Gasteiger charge is -2.13. The van der Waals surface area contributed by atoms with Gasteiger partial charge in [-0.2, -0.15) is 0 Å². The number of phenolic OH excluding ortho intramolecular Hbond substituents is 1. The van der Waals surface area contributed by atoms with E-state index >= 15 is 0 Å². The fraction of sp³-hybridized carbons (Fsp3) is 0.188. The van der Waals surface area contributed by atoms with Crippen LogP contribution in [0.25, 0.3) is 0 Å². The van der Waals surface area contributed by atoms with E-state index in [1.54, 1.807) is 0 Å². The van der Waals surface area contributed by atoms with E-state index in [9.17, 15) is 9.90 Å². The Bertz CT molecular complexity index is 622. The largest absolute Gasteiger partial charge is 0.507 e. The third kappa shape index (κ3) is 3.25. The van der Waals surface area contributed by atoms with Crippen molar-refractivity contribution in [3.63, 3.8) is 0 Å². The summed E-state index contributed by atoms with van der Waals surface area (Å²) in [6.07, 6.45) is 0. The maximum atomic E-state index is 12.2. The number of phenols is 1. The Hall–Kier alpha value is -2.69. The molecule has 0 spiro atoms. The van der Waals surface area contributed by atoms with Crippen LogP contribution in [0, 0.1) is 0 Å². The number of carbonyl (C=O) groups excluding carboxylic acids is 1. The van der Waals surface area contributed by atoms with Crippen molar-refractivity contribution in [3.05, 3.63) is 53.6 Å². The van der Waals surface area contributed by atoms with Crippen molar-refractivity contribution in [1.82, 2.24) is 0 Å². The minimum absolute atomic E-state index is 0.0484. The number of hydrogen-bond acceptors (Lipinski definition) is 5. The molecule has 0 atom stereocenters. The van der Waals surface area contributed by atoms with Gasteiger partial charge in [0, 0.05) is 0 Å². The number of hydrogen-bond donors (Lipinski definition) is 1. The molecule has 0 saturated heterocycles. The Morgan fingerprint density at radius 1 is 1.05 bits per heavy atom. The monoisotopic (exact) mass is 288 g/mol. The first-order chi connectivity index (χ1) is 10.2. The van der Waals surface area contributed by atoms with Gasteiger partial charge in [-0.15, -0.1) is 0 Å². The second-order valence-corrected chi connectivity index (χ2v) is 4.26. The number of carbonyl (C=O) groups is 1. The Balaban J connectivity index is 2.22. The van der Waals surface area contributed by atoms with Gasteiger partial charge >= 0.3 is 5.97 Å². The highest BCUT2D eigenvalue weighted by atomic mass is 16.5. The first kappa shape index (κ1) is 14.7. The summed E-state index contributed by atoms with van der Waals surface area (Å²) in [6, 6.07) is 12.1. The maximum Gasteiger partial charge on any atom is 0.346 e. The minimum Gasteiger partial charge on any atom is -0.507 e. The molecular weight excluding hydrogens is 272 g/mol. The Labute approximate surface area is 122 Å². The third-order valence-electron chi connectivity index (χ3n) is 2.94. The lowest BCUT2D eigenvalue weighted by Crippen LogP contribution is -2.08. The fourth-order valence-electron chi connectivity index (χ4n) is 1.91. The molecule has 110 valence electrons. The van der Waals surface area contributed by atoms with Crippen molar-refractivity contribution in [3.8, 4) is 17.2 Å². The van der Waals surface area contributed by atoms with Crippen LogP contribution in [0.1, 0.15) is 15.9 Å². The molecular formula is C16H16O5. The highest BCUT2D eigenvalue weighted by Gasteiger charge is 2.22. The topological polar surface area (TPSA) is 65.0 Å². The van der Waals surface area contributed by atoms with E-state index in [4.69, 9.17) is 14.2 Å². The zero-order chi connectivity index (χ0) is 15.2. The van der Waals surface area contributed by atoms with E-state index in [0.717, 1.165) is 5.56 Å². The maximum absolute atomic E-state index is 12.2. The van der Waals surface area contributed by atoms with Crippen molar-refractivity contribution in [2.75, 3.05) is 14.2 Å². The molecule has 2 aromatic carbocycles. The van der Waals surface area contributed by atoms with E-state index in [-0.39, 0.29) is 23.7 Å². The highest BCUT2D eigenvalue weighted by Crippen LogP contribution is 2.37. The van der Waals surface area contributed by atoms with Gasteiger partial charge in [-0.1, -0.05) is 30.3 Å². The average molecular weight is 288 g/mol. The second kappa shape index (κ2) is 6.65. The van der Waals surface area contributed by atoms with E-state index in [0.29, 0.717) is 5.75 Å². The van der Waals surface area contributed by atoms with Crippen LogP contribution in [0.2, 0.25) is 0 Å². The molecule has 0 aliphatic heterocycles. The molecule has 0 unspecified atom stereocenters. The van der Waals surface area contributed by atoms with Crippen LogP contribution >= 0.6 is 0 Å². The molecule has 0 radical (unpaired) electrons. The molecule has 0 aromatic heterocycles. The molecule has 5 nitrogen and oxygen atoms in total. The van der Waals surface area contributed by atoms with Gasteiger partial charge in [0.25, 0.3) is 0 Å². The van der Waals surface area contributed by atoms with Crippen LogP contribution < -0.4 is 9.47 Å². The van der Waals surface area contributed by atoms with Gasteiger partial charge in [-0.05, 0) is 17.7 Å². The predicted molar refractivity (Wildman–Crippen MR) is 76.8 cm³/mol. The van der Waals surface area contributed by atoms with Crippen molar-refractivity contribution in [2.45, 2.75) is 6.61 Å². The van der Waals surface area contributed by atoms with E-state index in [1.807, 2.05) is 30.3 Å². The van der Waals surface area contributed by atoms with Gasteiger partial charge in [0.15, 0.2) is 11.5 Å². The summed E-state index contributed by atoms with van der Waals surface area (Å²) < 4.78 is 15.4. The summed E-state index contributed by atoms with van der Waals surface area (Å²) in [5.41, 5.74) is 0.806.